The predicted molar refractivity (Wildman–Crippen MR) is 117 cm³/mol. The van der Waals surface area contributed by atoms with Gasteiger partial charge in [-0.2, -0.15) is 0 Å². The molecular formula is C23H20FN5O3. The summed E-state index contributed by atoms with van der Waals surface area (Å²) < 4.78 is 16.3. The molecule has 2 aromatic carbocycles. The number of fused-ring (bicyclic) bond motifs is 1. The van der Waals surface area contributed by atoms with Gasteiger partial charge in [0.1, 0.15) is 11.3 Å². The van der Waals surface area contributed by atoms with Gasteiger partial charge < -0.3 is 5.73 Å². The molecule has 8 nitrogen and oxygen atoms in total. The normalized spacial score (nSPS) is 11.2. The number of ketones is 1. The highest BCUT2D eigenvalue weighted by atomic mass is 19.1. The van der Waals surface area contributed by atoms with Gasteiger partial charge in [-0.25, -0.2) is 19.2 Å². The summed E-state index contributed by atoms with van der Waals surface area (Å²) in [5, 5.41) is 0. The molecule has 2 heterocycles. The van der Waals surface area contributed by atoms with Gasteiger partial charge in [-0.05, 0) is 26.0 Å². The third-order valence-electron chi connectivity index (χ3n) is 5.03. The minimum atomic E-state index is -0.892. The molecule has 4 aromatic rings. The summed E-state index contributed by atoms with van der Waals surface area (Å²) in [6.45, 7) is 3.23. The van der Waals surface area contributed by atoms with E-state index in [9.17, 15) is 18.8 Å². The summed E-state index contributed by atoms with van der Waals surface area (Å²) in [6, 6.07) is 13.7. The Kier molecular flexibility index (Phi) is 5.40. The van der Waals surface area contributed by atoms with Gasteiger partial charge in [-0.3, -0.25) is 18.7 Å². The lowest BCUT2D eigenvalue weighted by Gasteiger charge is -2.09. The monoisotopic (exact) mass is 433 g/mol. The molecular weight excluding hydrogens is 413 g/mol. The lowest BCUT2D eigenvalue weighted by molar-refractivity contribution is 0.0966. The number of Topliss-reactive ketones (excluding diaryl/α,β-unsaturated/α-hetero) is 1. The number of imidazole rings is 1. The summed E-state index contributed by atoms with van der Waals surface area (Å²) in [5.41, 5.74) is 5.81. The van der Waals surface area contributed by atoms with Crippen LogP contribution in [0.15, 0.2) is 59.4 Å². The largest absolute Gasteiger partial charge is 0.364 e. The van der Waals surface area contributed by atoms with Crippen LogP contribution in [0.1, 0.15) is 40.7 Å². The van der Waals surface area contributed by atoms with E-state index in [1.807, 2.05) is 0 Å². The Morgan fingerprint density at radius 2 is 1.78 bits per heavy atom. The quantitative estimate of drug-likeness (QED) is 0.470. The first kappa shape index (κ1) is 21.1. The van der Waals surface area contributed by atoms with E-state index in [2.05, 4.69) is 9.97 Å². The van der Waals surface area contributed by atoms with Crippen molar-refractivity contribution in [2.75, 3.05) is 0 Å². The zero-order chi connectivity index (χ0) is 23.0. The predicted octanol–water partition coefficient (Wildman–Crippen LogP) is 2.96. The van der Waals surface area contributed by atoms with Crippen molar-refractivity contribution in [2.24, 2.45) is 5.73 Å². The van der Waals surface area contributed by atoms with E-state index in [-0.39, 0.29) is 41.1 Å². The number of nitrogens with two attached hydrogens (primary N) is 1. The van der Waals surface area contributed by atoms with E-state index in [0.29, 0.717) is 11.1 Å². The smallest absolute Gasteiger partial charge is 0.331 e. The molecule has 0 saturated carbocycles. The number of carbonyl (C=O) groups excluding carboxylic acids is 2. The molecule has 162 valence electrons. The number of rotatable bonds is 6. The van der Waals surface area contributed by atoms with Crippen molar-refractivity contribution in [2.45, 2.75) is 26.4 Å². The molecule has 0 atom stereocenters. The van der Waals surface area contributed by atoms with Crippen LogP contribution in [0.4, 0.5) is 4.39 Å². The first-order chi connectivity index (χ1) is 15.3. The maximum absolute atomic E-state index is 13.8. The molecule has 0 aliphatic rings. The minimum Gasteiger partial charge on any atom is -0.364 e. The Hall–Kier alpha value is -4.14. The van der Waals surface area contributed by atoms with Gasteiger partial charge in [0, 0.05) is 17.2 Å². The van der Waals surface area contributed by atoms with Crippen molar-refractivity contribution in [1.29, 1.82) is 0 Å². The third kappa shape index (κ3) is 3.68. The Bertz CT molecular complexity index is 1410. The number of amides is 1. The second-order valence-corrected chi connectivity index (χ2v) is 7.56. The Morgan fingerprint density at radius 3 is 2.41 bits per heavy atom. The lowest BCUT2D eigenvalue weighted by Crippen LogP contribution is -2.28. The average Bonchev–Trinajstić information content (AvgIpc) is 3.04. The molecule has 0 unspecified atom stereocenters. The van der Waals surface area contributed by atoms with Crippen LogP contribution in [-0.2, 0) is 6.54 Å². The van der Waals surface area contributed by atoms with E-state index in [0.717, 1.165) is 0 Å². The van der Waals surface area contributed by atoms with Gasteiger partial charge in [-0.15, -0.1) is 0 Å². The zero-order valence-electron chi connectivity index (χ0n) is 17.4. The fraction of sp³-hybridized carbons (Fsp3) is 0.174. The number of primary amides is 1. The lowest BCUT2D eigenvalue weighted by atomic mass is 10.1. The molecule has 0 saturated heterocycles. The van der Waals surface area contributed by atoms with Crippen molar-refractivity contribution in [3.63, 3.8) is 0 Å². The van der Waals surface area contributed by atoms with Crippen molar-refractivity contribution >= 4 is 22.9 Å². The first-order valence-electron chi connectivity index (χ1n) is 9.94. The highest BCUT2D eigenvalue weighted by molar-refractivity contribution is 6.03. The van der Waals surface area contributed by atoms with Gasteiger partial charge >= 0.3 is 5.69 Å². The number of benzene rings is 2. The minimum absolute atomic E-state index is 0.0479. The molecule has 2 N–H and O–H groups in total. The molecule has 2 aromatic heterocycles. The topological polar surface area (TPSA) is 113 Å². The van der Waals surface area contributed by atoms with E-state index in [1.54, 1.807) is 50.2 Å². The van der Waals surface area contributed by atoms with Gasteiger partial charge in [0.25, 0.3) is 5.91 Å². The van der Waals surface area contributed by atoms with E-state index < -0.39 is 17.4 Å². The highest BCUT2D eigenvalue weighted by Crippen LogP contribution is 2.24. The average molecular weight is 433 g/mol. The SMILES string of the molecule is CC(C)n1c(=O)n(CC(=O)c2ccccc2)c2c(C(N)=O)nc(-c3cccc(F)c3)nc21. The Labute approximate surface area is 182 Å². The summed E-state index contributed by atoms with van der Waals surface area (Å²) in [6.07, 6.45) is 0. The van der Waals surface area contributed by atoms with Crippen LogP contribution in [0, 0.1) is 5.82 Å². The molecule has 0 fully saturated rings. The van der Waals surface area contributed by atoms with Gasteiger partial charge in [-0.1, -0.05) is 42.5 Å². The fourth-order valence-corrected chi connectivity index (χ4v) is 3.58. The molecule has 0 bridgehead atoms. The molecule has 0 aliphatic carbocycles. The maximum atomic E-state index is 13.8. The van der Waals surface area contributed by atoms with Crippen LogP contribution < -0.4 is 11.4 Å². The number of carbonyl (C=O) groups is 2. The molecule has 32 heavy (non-hydrogen) atoms. The van der Waals surface area contributed by atoms with Crippen LogP contribution >= 0.6 is 0 Å². The zero-order valence-corrected chi connectivity index (χ0v) is 17.4. The summed E-state index contributed by atoms with van der Waals surface area (Å²) in [4.78, 5) is 47.1. The summed E-state index contributed by atoms with van der Waals surface area (Å²) in [7, 11) is 0. The van der Waals surface area contributed by atoms with Crippen LogP contribution in [0.25, 0.3) is 22.6 Å². The molecule has 0 spiro atoms. The number of halogens is 1. The van der Waals surface area contributed by atoms with Crippen molar-refractivity contribution in [3.05, 3.63) is 82.2 Å². The summed E-state index contributed by atoms with van der Waals surface area (Å²) in [5.74, 6) is -1.66. The molecule has 0 aliphatic heterocycles. The molecule has 4 rings (SSSR count). The summed E-state index contributed by atoms with van der Waals surface area (Å²) >= 11 is 0. The second-order valence-electron chi connectivity index (χ2n) is 7.56. The number of nitrogens with zero attached hydrogens (tertiary/aromatic N) is 4. The van der Waals surface area contributed by atoms with E-state index in [4.69, 9.17) is 5.73 Å². The van der Waals surface area contributed by atoms with Gasteiger partial charge in [0.15, 0.2) is 22.9 Å². The highest BCUT2D eigenvalue weighted by Gasteiger charge is 2.26. The third-order valence-corrected chi connectivity index (χ3v) is 5.03. The van der Waals surface area contributed by atoms with Crippen LogP contribution in [0.3, 0.4) is 0 Å². The van der Waals surface area contributed by atoms with Gasteiger partial charge in [0.2, 0.25) is 0 Å². The van der Waals surface area contributed by atoms with Crippen molar-refractivity contribution < 1.29 is 14.0 Å². The molecule has 0 radical (unpaired) electrons. The van der Waals surface area contributed by atoms with E-state index in [1.165, 1.54) is 27.3 Å². The Morgan fingerprint density at radius 1 is 1.06 bits per heavy atom. The maximum Gasteiger partial charge on any atom is 0.331 e. The Balaban J connectivity index is 1.99. The number of aromatic nitrogens is 4. The van der Waals surface area contributed by atoms with Gasteiger partial charge in [0.05, 0.1) is 6.54 Å². The van der Waals surface area contributed by atoms with Crippen LogP contribution in [-0.4, -0.2) is 30.8 Å². The number of hydrogen-bond acceptors (Lipinski definition) is 5. The molecule has 9 heteroatoms. The van der Waals surface area contributed by atoms with Crippen LogP contribution in [0.2, 0.25) is 0 Å². The van der Waals surface area contributed by atoms with Crippen molar-refractivity contribution in [3.8, 4) is 11.4 Å². The second kappa shape index (κ2) is 8.18. The first-order valence-corrected chi connectivity index (χ1v) is 9.94. The molecule has 1 amide bonds. The standard InChI is InChI=1S/C23H20FN5O3/c1-13(2)29-22-19(28(23(29)32)12-17(30)14-7-4-3-5-8-14)18(20(25)31)26-21(27-22)15-9-6-10-16(24)11-15/h3-11,13H,12H2,1-2H3,(H2,25,31). The fourth-order valence-electron chi connectivity index (χ4n) is 3.58. The number of hydrogen-bond donors (Lipinski definition) is 1. The van der Waals surface area contributed by atoms with E-state index >= 15 is 0 Å². The van der Waals surface area contributed by atoms with Crippen molar-refractivity contribution in [1.82, 2.24) is 19.1 Å². The van der Waals surface area contributed by atoms with Crippen LogP contribution in [0.5, 0.6) is 0 Å².